The number of amides is 1. The smallest absolute Gasteiger partial charge is 0.416 e. The van der Waals surface area contributed by atoms with Crippen molar-refractivity contribution in [1.82, 2.24) is 19.8 Å². The number of anilines is 2. The van der Waals surface area contributed by atoms with Gasteiger partial charge in [-0.05, 0) is 44.4 Å². The number of halogens is 6. The van der Waals surface area contributed by atoms with Crippen molar-refractivity contribution >= 4 is 34.7 Å². The van der Waals surface area contributed by atoms with Gasteiger partial charge >= 0.3 is 12.2 Å². The summed E-state index contributed by atoms with van der Waals surface area (Å²) in [5.74, 6) is -1.50. The molecule has 1 aromatic carbocycles. The topological polar surface area (TPSA) is 159 Å². The minimum Gasteiger partial charge on any atom is -0.467 e. The van der Waals surface area contributed by atoms with E-state index >= 15 is 0 Å². The average Bonchev–Trinajstić information content (AvgIpc) is 3.58. The predicted octanol–water partition coefficient (Wildman–Crippen LogP) is 4.27. The summed E-state index contributed by atoms with van der Waals surface area (Å²) in [4.78, 5) is 31.0. The number of benzene rings is 1. The normalized spacial score (nSPS) is 22.4. The minimum absolute atomic E-state index is 0.0624. The molecule has 0 radical (unpaired) electrons. The van der Waals surface area contributed by atoms with Crippen molar-refractivity contribution in [3.8, 4) is 12.1 Å². The molecule has 4 aliphatic rings. The number of nitrogens with two attached hydrogens (primary N) is 2. The van der Waals surface area contributed by atoms with Crippen molar-refractivity contribution in [3.63, 3.8) is 0 Å². The molecule has 3 atom stereocenters. The Morgan fingerprint density at radius 3 is 2.71 bits per heavy atom. The van der Waals surface area contributed by atoms with Gasteiger partial charge in [0.2, 0.25) is 0 Å². The molecule has 4 N–H and O–H groups in total. The third kappa shape index (κ3) is 8.45. The standard InChI is InChI=1S/C26H27ClF4N8O3.C7H12FN/c1-38(9-6-32)24(40)22(34)20(27)17-11-39(8-3-7-35-17)23-13-12-42-18(10-16(13)36-25(37-23)41-2)19-14(26(29,30)31)4-5-15(33)21(19)28;8-6-4-7-2-1-3-9(7)5-6/h4-5,18H,3,7-12,33-34H2,1-2H3;6-7H,1-5H2/b22-20+;. The Labute approximate surface area is 296 Å². The molecule has 0 spiro atoms. The zero-order valence-corrected chi connectivity index (χ0v) is 28.9. The van der Waals surface area contributed by atoms with Gasteiger partial charge in [-0.15, -0.1) is 0 Å². The summed E-state index contributed by atoms with van der Waals surface area (Å²) < 4.78 is 80.0. The van der Waals surface area contributed by atoms with Crippen molar-refractivity contribution in [3.05, 3.63) is 51.1 Å². The van der Waals surface area contributed by atoms with Gasteiger partial charge in [-0.25, -0.2) is 8.78 Å². The van der Waals surface area contributed by atoms with E-state index in [0.717, 1.165) is 30.0 Å². The second kappa shape index (κ2) is 16.0. The van der Waals surface area contributed by atoms with Crippen molar-refractivity contribution in [2.24, 2.45) is 10.7 Å². The van der Waals surface area contributed by atoms with Crippen molar-refractivity contribution in [2.45, 2.75) is 63.2 Å². The number of likely N-dealkylation sites (N-methyl/N-ethyl adjacent to an activating group) is 1. The number of hydrogen-bond acceptors (Lipinski definition) is 11. The summed E-state index contributed by atoms with van der Waals surface area (Å²) in [5, 5.41) is 8.79. The first kappa shape index (κ1) is 38.0. The minimum atomic E-state index is -4.84. The zero-order chi connectivity index (χ0) is 37.0. The van der Waals surface area contributed by atoms with Crippen molar-refractivity contribution < 1.29 is 36.2 Å². The maximum absolute atomic E-state index is 15.0. The van der Waals surface area contributed by atoms with Gasteiger partial charge in [0.1, 0.15) is 24.2 Å². The summed E-state index contributed by atoms with van der Waals surface area (Å²) >= 11 is 6.49. The first-order valence-electron chi connectivity index (χ1n) is 16.4. The number of nitrogens with zero attached hydrogens (tertiary/aromatic N) is 7. The number of carbonyl (C=O) groups excluding carboxylic acids is 1. The monoisotopic (exact) mass is 739 g/mol. The van der Waals surface area contributed by atoms with Crippen LogP contribution in [-0.2, 0) is 28.7 Å². The molecule has 5 heterocycles. The molecule has 2 fully saturated rings. The highest BCUT2D eigenvalue weighted by Gasteiger charge is 2.40. The van der Waals surface area contributed by atoms with E-state index in [1.807, 2.05) is 6.07 Å². The maximum Gasteiger partial charge on any atom is 0.416 e. The van der Waals surface area contributed by atoms with Gasteiger partial charge in [-0.1, -0.05) is 11.6 Å². The van der Waals surface area contributed by atoms with Gasteiger partial charge in [0.25, 0.3) is 5.91 Å². The van der Waals surface area contributed by atoms with E-state index in [9.17, 15) is 26.7 Å². The molecule has 0 saturated carbocycles. The number of fused-ring (bicyclic) bond motifs is 2. The number of nitrogen functional groups attached to an aromatic ring is 1. The zero-order valence-electron chi connectivity index (χ0n) is 28.1. The summed E-state index contributed by atoms with van der Waals surface area (Å²) in [7, 11) is 2.74. The van der Waals surface area contributed by atoms with Crippen LogP contribution in [0.2, 0.25) is 0 Å². The lowest BCUT2D eigenvalue weighted by molar-refractivity contribution is -0.140. The van der Waals surface area contributed by atoms with E-state index in [1.54, 1.807) is 4.90 Å². The van der Waals surface area contributed by atoms with Gasteiger partial charge in [0.15, 0.2) is 5.82 Å². The molecule has 3 unspecified atom stereocenters. The van der Waals surface area contributed by atoms with Crippen LogP contribution in [0.5, 0.6) is 6.01 Å². The van der Waals surface area contributed by atoms with Crippen LogP contribution >= 0.6 is 11.6 Å². The van der Waals surface area contributed by atoms with Gasteiger partial charge < -0.3 is 30.7 Å². The summed E-state index contributed by atoms with van der Waals surface area (Å²) in [6, 6.07) is 3.99. The Kier molecular flexibility index (Phi) is 11.9. The highest BCUT2D eigenvalue weighted by molar-refractivity contribution is 6.45. The number of aliphatic imine (C=N–C) groups is 1. The number of carbonyl (C=O) groups is 1. The third-order valence-corrected chi connectivity index (χ3v) is 9.66. The molecule has 12 nitrogen and oxygen atoms in total. The molecule has 1 amide bonds. The van der Waals surface area contributed by atoms with Crippen LogP contribution in [0.3, 0.4) is 0 Å². The lowest BCUT2D eigenvalue weighted by atomic mass is 9.94. The van der Waals surface area contributed by atoms with Gasteiger partial charge in [0, 0.05) is 50.3 Å². The number of aromatic nitrogens is 2. The number of rotatable bonds is 6. The quantitative estimate of drug-likeness (QED) is 0.190. The van der Waals surface area contributed by atoms with E-state index in [4.69, 9.17) is 37.8 Å². The van der Waals surface area contributed by atoms with E-state index in [2.05, 4.69) is 19.9 Å². The van der Waals surface area contributed by atoms with Crippen LogP contribution in [-0.4, -0.2) is 97.0 Å². The molecule has 18 heteroatoms. The summed E-state index contributed by atoms with van der Waals surface area (Å²) in [6.07, 6.45) is -3.02. The Balaban J connectivity index is 0.000000480. The highest BCUT2D eigenvalue weighted by atomic mass is 35.5. The predicted molar refractivity (Wildman–Crippen MR) is 179 cm³/mol. The van der Waals surface area contributed by atoms with Gasteiger partial charge in [-0.3, -0.25) is 14.7 Å². The fourth-order valence-electron chi connectivity index (χ4n) is 6.70. The van der Waals surface area contributed by atoms with E-state index in [0.29, 0.717) is 54.9 Å². The number of nitriles is 1. The third-order valence-electron chi connectivity index (χ3n) is 9.24. The van der Waals surface area contributed by atoms with Crippen molar-refractivity contribution in [2.75, 3.05) is 64.1 Å². The molecule has 1 aromatic heterocycles. The first-order valence-corrected chi connectivity index (χ1v) is 16.8. The van der Waals surface area contributed by atoms with Crippen LogP contribution in [0.4, 0.5) is 33.5 Å². The largest absolute Gasteiger partial charge is 0.467 e. The Morgan fingerprint density at radius 2 is 2.02 bits per heavy atom. The molecule has 276 valence electrons. The molecule has 2 aromatic rings. The fourth-order valence-corrected chi connectivity index (χ4v) is 6.91. The Bertz CT molecular complexity index is 1720. The molecule has 0 aliphatic carbocycles. The number of ether oxygens (including phenoxy) is 2. The van der Waals surface area contributed by atoms with E-state index in [1.165, 1.54) is 27.0 Å². The lowest BCUT2D eigenvalue weighted by Crippen LogP contribution is -2.36. The van der Waals surface area contributed by atoms with Crippen LogP contribution in [0.15, 0.2) is 27.9 Å². The van der Waals surface area contributed by atoms with Crippen molar-refractivity contribution in [1.29, 1.82) is 5.26 Å². The molecule has 6 rings (SSSR count). The van der Waals surface area contributed by atoms with Crippen LogP contribution in [0.25, 0.3) is 0 Å². The molecular weight excluding hydrogens is 701 g/mol. The van der Waals surface area contributed by atoms with Crippen LogP contribution < -0.4 is 21.1 Å². The highest BCUT2D eigenvalue weighted by Crippen LogP contribution is 2.43. The Hall–Kier alpha value is -4.27. The number of alkyl halides is 4. The van der Waals surface area contributed by atoms with Crippen LogP contribution in [0.1, 0.15) is 54.2 Å². The number of hydrogen-bond donors (Lipinski definition) is 2. The second-order valence-corrected chi connectivity index (χ2v) is 13.0. The molecule has 51 heavy (non-hydrogen) atoms. The first-order chi connectivity index (χ1) is 24.2. The van der Waals surface area contributed by atoms with Gasteiger partial charge in [0.05, 0.1) is 60.1 Å². The molecule has 2 saturated heterocycles. The summed E-state index contributed by atoms with van der Waals surface area (Å²) in [5.41, 5.74) is 10.1. The van der Waals surface area contributed by atoms with E-state index in [-0.39, 0.29) is 42.9 Å². The maximum atomic E-state index is 15.0. The lowest BCUT2D eigenvalue weighted by Gasteiger charge is -2.31. The SMILES string of the molecule is COc1nc2c(c(N3CCCN=C(/C(Cl)=C(\N)C(=O)N(C)CC#N)C3)n1)COC(c1c(C(F)(F)F)ccc(N)c1F)C2.FC1CC2CCCN2C1. The molecule has 4 aliphatic heterocycles. The number of methoxy groups -OCH3 is 1. The van der Waals surface area contributed by atoms with Crippen LogP contribution in [0, 0.1) is 17.1 Å². The molecular formula is C33H39ClF5N9O3. The van der Waals surface area contributed by atoms with Gasteiger partial charge in [-0.2, -0.15) is 28.4 Å². The molecule has 0 bridgehead atoms. The Morgan fingerprint density at radius 1 is 1.25 bits per heavy atom. The van der Waals surface area contributed by atoms with E-state index < -0.39 is 47.0 Å². The average molecular weight is 740 g/mol. The fraction of sp³-hybridized carbons (Fsp3) is 0.545. The summed E-state index contributed by atoms with van der Waals surface area (Å²) in [6.45, 7) is 2.27. The second-order valence-electron chi connectivity index (χ2n) is 12.7.